The molecule has 1 aliphatic carbocycles. The molecule has 2 fully saturated rings. The van der Waals surface area contributed by atoms with E-state index in [-0.39, 0.29) is 42.2 Å². The third-order valence-corrected chi connectivity index (χ3v) is 10.5. The van der Waals surface area contributed by atoms with Crippen molar-refractivity contribution in [2.45, 2.75) is 110 Å². The van der Waals surface area contributed by atoms with Gasteiger partial charge in [0.2, 0.25) is 0 Å². The molecule has 226 valence electrons. The predicted molar refractivity (Wildman–Crippen MR) is 156 cm³/mol. The minimum Gasteiger partial charge on any atom is -0.461 e. The van der Waals surface area contributed by atoms with Gasteiger partial charge in [0, 0.05) is 32.0 Å². The van der Waals surface area contributed by atoms with Crippen LogP contribution in [-0.2, 0) is 37.7 Å². The van der Waals surface area contributed by atoms with Gasteiger partial charge in [0.15, 0.2) is 14.6 Å². The summed E-state index contributed by atoms with van der Waals surface area (Å²) in [6.45, 7) is 16.1. The van der Waals surface area contributed by atoms with E-state index < -0.39 is 24.5 Å². The Morgan fingerprint density at radius 3 is 2.49 bits per heavy atom. The molecule has 1 unspecified atom stereocenters. The average Bonchev–Trinajstić information content (AvgIpc) is 3.11. The number of ether oxygens (including phenoxy) is 3. The number of unbranched alkanes of at least 4 members (excludes halogenated alkanes) is 1. The molecule has 2 rings (SSSR count). The van der Waals surface area contributed by atoms with Crippen LogP contribution in [0.5, 0.6) is 0 Å². The first-order valence-electron chi connectivity index (χ1n) is 14.4. The Balaban J connectivity index is 2.14. The molecule has 1 aliphatic heterocycles. The lowest BCUT2D eigenvalue weighted by atomic mass is 9.91. The standard InChI is InChI=1S/C29H52O8SSi/c1-8-18-33-27(30)16-12-10-9-11-15-23-24(21-35-39(6,7)22-29(2,3)4)25(20-26(23)37-38(5,31)32)36-28-17-13-14-19-34-28/h8-9,11,23-26,28H,1,10,12-22H2,2-7H3/b11-9-/t23-,24-,25-,26+,28?/m1/s1. The van der Waals surface area contributed by atoms with Gasteiger partial charge in [-0.25, -0.2) is 0 Å². The van der Waals surface area contributed by atoms with Gasteiger partial charge in [-0.15, -0.1) is 0 Å². The molecule has 1 saturated carbocycles. The van der Waals surface area contributed by atoms with Gasteiger partial charge in [-0.3, -0.25) is 8.98 Å². The van der Waals surface area contributed by atoms with E-state index in [1.165, 1.54) is 0 Å². The molecule has 0 aromatic carbocycles. The lowest BCUT2D eigenvalue weighted by molar-refractivity contribution is -0.197. The Morgan fingerprint density at radius 1 is 1.13 bits per heavy atom. The summed E-state index contributed by atoms with van der Waals surface area (Å²) < 4.78 is 54.0. The second-order valence-corrected chi connectivity index (χ2v) is 18.5. The molecule has 0 spiro atoms. The number of allylic oxidation sites excluding steroid dienone is 2. The normalized spacial score (nSPS) is 26.7. The van der Waals surface area contributed by atoms with Crippen LogP contribution in [0.3, 0.4) is 0 Å². The fraction of sp³-hybridized carbons (Fsp3) is 0.828. The third kappa shape index (κ3) is 13.9. The molecule has 8 nitrogen and oxygen atoms in total. The molecular formula is C29H52O8SSi. The smallest absolute Gasteiger partial charge is 0.306 e. The minimum atomic E-state index is -3.65. The Morgan fingerprint density at radius 2 is 1.87 bits per heavy atom. The second-order valence-electron chi connectivity index (χ2n) is 12.8. The van der Waals surface area contributed by atoms with Gasteiger partial charge in [-0.1, -0.05) is 45.6 Å². The van der Waals surface area contributed by atoms with Crippen molar-refractivity contribution in [3.63, 3.8) is 0 Å². The van der Waals surface area contributed by atoms with Gasteiger partial charge in [0.25, 0.3) is 10.1 Å². The first kappa shape index (κ1) is 34.2. The highest BCUT2D eigenvalue weighted by molar-refractivity contribution is 7.86. The van der Waals surface area contributed by atoms with Gasteiger partial charge < -0.3 is 18.6 Å². The lowest BCUT2D eigenvalue weighted by Crippen LogP contribution is -2.40. The zero-order valence-corrected chi connectivity index (χ0v) is 26.8. The van der Waals surface area contributed by atoms with Crippen molar-refractivity contribution in [3.8, 4) is 0 Å². The number of rotatable bonds is 16. The maximum atomic E-state index is 12.2. The van der Waals surface area contributed by atoms with Crippen LogP contribution >= 0.6 is 0 Å². The average molecular weight is 589 g/mol. The van der Waals surface area contributed by atoms with Crippen molar-refractivity contribution in [1.29, 1.82) is 0 Å². The topological polar surface area (TPSA) is 97.4 Å². The molecule has 0 aromatic rings. The van der Waals surface area contributed by atoms with E-state index in [0.717, 1.165) is 38.0 Å². The SMILES string of the molecule is C=CCOC(=O)CCC/C=C\C[C@@H]1[C@@H](CO[Si](C)(C)CC(C)(C)C)[C@H](OC2CCCCO2)C[C@@H]1OS(C)(=O)=O. The van der Waals surface area contributed by atoms with E-state index >= 15 is 0 Å². The van der Waals surface area contributed by atoms with Gasteiger partial charge in [-0.2, -0.15) is 8.42 Å². The van der Waals surface area contributed by atoms with Crippen molar-refractivity contribution in [2.24, 2.45) is 17.3 Å². The highest BCUT2D eigenvalue weighted by atomic mass is 32.2. The number of carbonyl (C=O) groups is 1. The summed E-state index contributed by atoms with van der Waals surface area (Å²) >= 11 is 0. The number of carbonyl (C=O) groups excluding carboxylic acids is 1. The quantitative estimate of drug-likeness (QED) is 0.0713. The predicted octanol–water partition coefficient (Wildman–Crippen LogP) is 5.99. The second kappa shape index (κ2) is 15.8. The minimum absolute atomic E-state index is 0.0208. The molecule has 0 amide bonds. The fourth-order valence-corrected chi connectivity index (χ4v) is 9.77. The van der Waals surface area contributed by atoms with Gasteiger partial charge >= 0.3 is 5.97 Å². The Labute approximate surface area is 238 Å². The molecule has 0 aromatic heterocycles. The van der Waals surface area contributed by atoms with E-state index in [0.29, 0.717) is 38.9 Å². The van der Waals surface area contributed by atoms with Gasteiger partial charge in [-0.05, 0) is 69.0 Å². The van der Waals surface area contributed by atoms with Gasteiger partial charge in [0.1, 0.15) is 6.61 Å². The molecular weight excluding hydrogens is 536 g/mol. The summed E-state index contributed by atoms with van der Waals surface area (Å²) in [5, 5.41) is 0. The van der Waals surface area contributed by atoms with E-state index in [9.17, 15) is 13.2 Å². The molecule has 1 saturated heterocycles. The molecule has 5 atom stereocenters. The van der Waals surface area contributed by atoms with Crippen LogP contribution in [0.15, 0.2) is 24.8 Å². The van der Waals surface area contributed by atoms with Crippen molar-refractivity contribution >= 4 is 24.4 Å². The zero-order valence-electron chi connectivity index (χ0n) is 25.0. The van der Waals surface area contributed by atoms with E-state index in [2.05, 4.69) is 46.5 Å². The van der Waals surface area contributed by atoms with E-state index in [1.54, 1.807) is 6.08 Å². The van der Waals surface area contributed by atoms with Crippen LogP contribution in [0.1, 0.15) is 72.1 Å². The van der Waals surface area contributed by atoms with E-state index in [1.807, 2.05) is 6.08 Å². The van der Waals surface area contributed by atoms with Crippen LogP contribution in [0.4, 0.5) is 0 Å². The lowest BCUT2D eigenvalue weighted by Gasteiger charge is -2.35. The first-order valence-corrected chi connectivity index (χ1v) is 19.3. The van der Waals surface area contributed by atoms with E-state index in [4.69, 9.17) is 22.8 Å². The van der Waals surface area contributed by atoms with Crippen LogP contribution in [-0.4, -0.2) is 67.3 Å². The first-order chi connectivity index (χ1) is 18.2. The highest BCUT2D eigenvalue weighted by Gasteiger charge is 2.47. The maximum Gasteiger partial charge on any atom is 0.306 e. The molecule has 39 heavy (non-hydrogen) atoms. The summed E-state index contributed by atoms with van der Waals surface area (Å²) in [5.41, 5.74) is 0.166. The van der Waals surface area contributed by atoms with Crippen LogP contribution in [0.25, 0.3) is 0 Å². The summed E-state index contributed by atoms with van der Waals surface area (Å²) in [6, 6.07) is 1.02. The van der Waals surface area contributed by atoms with Crippen LogP contribution < -0.4 is 0 Å². The third-order valence-electron chi connectivity index (χ3n) is 7.04. The Hall–Kier alpha value is -1.04. The number of hydrogen-bond donors (Lipinski definition) is 0. The number of hydrogen-bond acceptors (Lipinski definition) is 8. The summed E-state index contributed by atoms with van der Waals surface area (Å²) in [5.74, 6) is -0.334. The van der Waals surface area contributed by atoms with Gasteiger partial charge in [0.05, 0.1) is 18.5 Å². The fourth-order valence-electron chi connectivity index (χ4n) is 5.80. The molecule has 0 radical (unpaired) electrons. The molecule has 1 heterocycles. The summed E-state index contributed by atoms with van der Waals surface area (Å²) in [6.07, 6.45) is 11.6. The van der Waals surface area contributed by atoms with Crippen molar-refractivity contribution in [2.75, 3.05) is 26.1 Å². The summed E-state index contributed by atoms with van der Waals surface area (Å²) in [7, 11) is -5.62. The Kier molecular flexibility index (Phi) is 13.9. The Bertz CT molecular complexity index is 889. The molecule has 0 N–H and O–H groups in total. The van der Waals surface area contributed by atoms with Crippen molar-refractivity contribution in [1.82, 2.24) is 0 Å². The van der Waals surface area contributed by atoms with Crippen molar-refractivity contribution < 1.29 is 36.0 Å². The molecule has 10 heteroatoms. The highest BCUT2D eigenvalue weighted by Crippen LogP contribution is 2.42. The largest absolute Gasteiger partial charge is 0.461 e. The van der Waals surface area contributed by atoms with Crippen molar-refractivity contribution in [3.05, 3.63) is 24.8 Å². The summed E-state index contributed by atoms with van der Waals surface area (Å²) in [4.78, 5) is 11.7. The zero-order chi connectivity index (χ0) is 29.1. The molecule has 2 aliphatic rings. The number of esters is 1. The molecule has 0 bridgehead atoms. The van der Waals surface area contributed by atoms with Crippen LogP contribution in [0.2, 0.25) is 19.1 Å². The van der Waals surface area contributed by atoms with Crippen LogP contribution in [0, 0.1) is 17.3 Å². The maximum absolute atomic E-state index is 12.2. The monoisotopic (exact) mass is 588 g/mol.